The number of amides is 2. The van der Waals surface area contributed by atoms with Crippen LogP contribution >= 0.6 is 0 Å². The molecule has 0 aliphatic rings. The standard InChI is InChI=1S/C24H26N2O4/c1-15(2)30-21-10-7-17(8-11-21)24(28)26-25-23(27)16(3)18-5-6-20-14-22(29-4)12-9-19(20)13-18/h5-16H,1-4H3,(H,25,27)(H,26,28)/t16-/m0/s1. The summed E-state index contributed by atoms with van der Waals surface area (Å²) < 4.78 is 10.8. The molecule has 6 nitrogen and oxygen atoms in total. The van der Waals surface area contributed by atoms with E-state index in [0.29, 0.717) is 11.3 Å². The molecule has 30 heavy (non-hydrogen) atoms. The van der Waals surface area contributed by atoms with E-state index in [1.165, 1.54) is 0 Å². The Kier molecular flexibility index (Phi) is 6.57. The van der Waals surface area contributed by atoms with E-state index in [1.807, 2.05) is 50.2 Å². The first kappa shape index (κ1) is 21.2. The van der Waals surface area contributed by atoms with Crippen molar-refractivity contribution < 1.29 is 19.1 Å². The predicted molar refractivity (Wildman–Crippen MR) is 117 cm³/mol. The van der Waals surface area contributed by atoms with Crippen molar-refractivity contribution in [2.75, 3.05) is 7.11 Å². The molecule has 2 N–H and O–H groups in total. The summed E-state index contributed by atoms with van der Waals surface area (Å²) in [7, 11) is 1.63. The van der Waals surface area contributed by atoms with E-state index in [0.717, 1.165) is 22.1 Å². The van der Waals surface area contributed by atoms with Crippen molar-refractivity contribution >= 4 is 22.6 Å². The smallest absolute Gasteiger partial charge is 0.269 e. The van der Waals surface area contributed by atoms with Crippen LogP contribution in [0, 0.1) is 0 Å². The van der Waals surface area contributed by atoms with Crippen LogP contribution in [0.2, 0.25) is 0 Å². The monoisotopic (exact) mass is 406 g/mol. The van der Waals surface area contributed by atoms with Crippen molar-refractivity contribution in [3.05, 3.63) is 71.8 Å². The maximum atomic E-state index is 12.5. The minimum absolute atomic E-state index is 0.0580. The summed E-state index contributed by atoms with van der Waals surface area (Å²) in [5.74, 6) is 0.354. The number of carbonyl (C=O) groups is 2. The number of hydrogen-bond acceptors (Lipinski definition) is 4. The van der Waals surface area contributed by atoms with Crippen LogP contribution in [0.4, 0.5) is 0 Å². The molecule has 0 spiro atoms. The number of hydrogen-bond donors (Lipinski definition) is 2. The second-order valence-electron chi connectivity index (χ2n) is 7.33. The Labute approximate surface area is 176 Å². The molecule has 0 radical (unpaired) electrons. The van der Waals surface area contributed by atoms with Gasteiger partial charge < -0.3 is 9.47 Å². The van der Waals surface area contributed by atoms with Gasteiger partial charge in [-0.2, -0.15) is 0 Å². The van der Waals surface area contributed by atoms with Gasteiger partial charge in [-0.15, -0.1) is 0 Å². The van der Waals surface area contributed by atoms with Crippen LogP contribution in [-0.2, 0) is 4.79 Å². The highest BCUT2D eigenvalue weighted by Crippen LogP contribution is 2.25. The molecule has 0 aliphatic heterocycles. The first-order chi connectivity index (χ1) is 14.4. The van der Waals surface area contributed by atoms with E-state index >= 15 is 0 Å². The van der Waals surface area contributed by atoms with Crippen molar-refractivity contribution in [1.82, 2.24) is 10.9 Å². The van der Waals surface area contributed by atoms with Gasteiger partial charge in [0.25, 0.3) is 5.91 Å². The second-order valence-corrected chi connectivity index (χ2v) is 7.33. The van der Waals surface area contributed by atoms with Crippen molar-refractivity contribution in [2.45, 2.75) is 32.8 Å². The summed E-state index contributed by atoms with van der Waals surface area (Å²) in [4.78, 5) is 24.8. The molecule has 3 aromatic carbocycles. The number of nitrogens with one attached hydrogen (secondary N) is 2. The van der Waals surface area contributed by atoms with Crippen LogP contribution in [0.5, 0.6) is 11.5 Å². The predicted octanol–water partition coefficient (Wildman–Crippen LogP) is 4.20. The van der Waals surface area contributed by atoms with Gasteiger partial charge in [-0.1, -0.05) is 24.3 Å². The van der Waals surface area contributed by atoms with Crippen LogP contribution in [0.25, 0.3) is 10.8 Å². The van der Waals surface area contributed by atoms with Gasteiger partial charge in [0, 0.05) is 5.56 Å². The fourth-order valence-electron chi connectivity index (χ4n) is 3.05. The molecule has 0 bridgehead atoms. The number of ether oxygens (including phenoxy) is 2. The first-order valence-corrected chi connectivity index (χ1v) is 9.82. The molecular formula is C24H26N2O4. The zero-order valence-corrected chi connectivity index (χ0v) is 17.6. The highest BCUT2D eigenvalue weighted by atomic mass is 16.5. The molecule has 3 aromatic rings. The van der Waals surface area contributed by atoms with E-state index in [4.69, 9.17) is 9.47 Å². The number of methoxy groups -OCH3 is 1. The van der Waals surface area contributed by atoms with E-state index in [-0.39, 0.29) is 12.0 Å². The van der Waals surface area contributed by atoms with Gasteiger partial charge in [0.2, 0.25) is 5.91 Å². The van der Waals surface area contributed by atoms with Crippen LogP contribution in [0.3, 0.4) is 0 Å². The third-order valence-corrected chi connectivity index (χ3v) is 4.75. The molecule has 0 aromatic heterocycles. The lowest BCUT2D eigenvalue weighted by molar-refractivity contribution is -0.123. The minimum Gasteiger partial charge on any atom is -0.497 e. The first-order valence-electron chi connectivity index (χ1n) is 9.82. The maximum absolute atomic E-state index is 12.5. The third-order valence-electron chi connectivity index (χ3n) is 4.75. The molecule has 6 heteroatoms. The summed E-state index contributed by atoms with van der Waals surface area (Å²) in [5, 5.41) is 2.05. The van der Waals surface area contributed by atoms with Gasteiger partial charge in [-0.25, -0.2) is 0 Å². The van der Waals surface area contributed by atoms with Gasteiger partial charge in [-0.05, 0) is 73.5 Å². The summed E-state index contributed by atoms with van der Waals surface area (Å²) in [6.07, 6.45) is 0.0580. The molecule has 2 amide bonds. The van der Waals surface area contributed by atoms with E-state index < -0.39 is 11.8 Å². The highest BCUT2D eigenvalue weighted by Gasteiger charge is 2.17. The normalized spacial score (nSPS) is 11.8. The molecule has 1 atom stereocenters. The summed E-state index contributed by atoms with van der Waals surface area (Å²) in [5.41, 5.74) is 6.25. The van der Waals surface area contributed by atoms with Gasteiger partial charge in [0.05, 0.1) is 19.1 Å². The summed E-state index contributed by atoms with van der Waals surface area (Å²) >= 11 is 0. The SMILES string of the molecule is COc1ccc2cc([C@H](C)C(=O)NNC(=O)c3ccc(OC(C)C)cc3)ccc2c1. The van der Waals surface area contributed by atoms with Crippen molar-refractivity contribution in [3.8, 4) is 11.5 Å². The average Bonchev–Trinajstić information content (AvgIpc) is 2.76. The second kappa shape index (κ2) is 9.31. The number of rotatable bonds is 6. The Morgan fingerprint density at radius 1 is 0.800 bits per heavy atom. The molecule has 156 valence electrons. The zero-order valence-electron chi connectivity index (χ0n) is 17.6. The quantitative estimate of drug-likeness (QED) is 0.602. The fraction of sp³-hybridized carbons (Fsp3) is 0.250. The van der Waals surface area contributed by atoms with Crippen molar-refractivity contribution in [3.63, 3.8) is 0 Å². The van der Waals surface area contributed by atoms with Gasteiger partial charge in [0.1, 0.15) is 11.5 Å². The number of carbonyl (C=O) groups excluding carboxylic acids is 2. The molecule has 0 unspecified atom stereocenters. The number of fused-ring (bicyclic) bond motifs is 1. The van der Waals surface area contributed by atoms with Crippen LogP contribution < -0.4 is 20.3 Å². The molecule has 0 heterocycles. The van der Waals surface area contributed by atoms with Crippen LogP contribution in [0.1, 0.15) is 42.6 Å². The largest absolute Gasteiger partial charge is 0.497 e. The lowest BCUT2D eigenvalue weighted by Gasteiger charge is -2.14. The number of hydrazine groups is 1. The van der Waals surface area contributed by atoms with Gasteiger partial charge in [0.15, 0.2) is 0 Å². The molecular weight excluding hydrogens is 380 g/mol. The third kappa shape index (κ3) is 5.08. The summed E-state index contributed by atoms with van der Waals surface area (Å²) in [6.45, 7) is 5.66. The highest BCUT2D eigenvalue weighted by molar-refractivity contribution is 5.96. The Morgan fingerprint density at radius 3 is 2.10 bits per heavy atom. The number of benzene rings is 3. The molecule has 0 saturated carbocycles. The average molecular weight is 406 g/mol. The molecule has 3 rings (SSSR count). The molecule has 0 aliphatic carbocycles. The lowest BCUT2D eigenvalue weighted by atomic mass is 9.97. The Morgan fingerprint density at radius 2 is 1.43 bits per heavy atom. The van der Waals surface area contributed by atoms with E-state index in [9.17, 15) is 9.59 Å². The molecule has 0 saturated heterocycles. The lowest BCUT2D eigenvalue weighted by Crippen LogP contribution is -2.43. The van der Waals surface area contributed by atoms with E-state index in [1.54, 1.807) is 38.3 Å². The van der Waals surface area contributed by atoms with Gasteiger partial charge in [-0.3, -0.25) is 20.4 Å². The molecule has 0 fully saturated rings. The Balaban J connectivity index is 1.61. The van der Waals surface area contributed by atoms with Crippen LogP contribution in [0.15, 0.2) is 60.7 Å². The minimum atomic E-state index is -0.432. The van der Waals surface area contributed by atoms with Crippen molar-refractivity contribution in [2.24, 2.45) is 0 Å². The fourth-order valence-corrected chi connectivity index (χ4v) is 3.05. The zero-order chi connectivity index (χ0) is 21.7. The Hall–Kier alpha value is -3.54. The maximum Gasteiger partial charge on any atom is 0.269 e. The van der Waals surface area contributed by atoms with Gasteiger partial charge >= 0.3 is 0 Å². The van der Waals surface area contributed by atoms with Crippen molar-refractivity contribution in [1.29, 1.82) is 0 Å². The van der Waals surface area contributed by atoms with Crippen LogP contribution in [-0.4, -0.2) is 25.0 Å². The van der Waals surface area contributed by atoms with E-state index in [2.05, 4.69) is 10.9 Å². The Bertz CT molecular complexity index is 1040. The topological polar surface area (TPSA) is 76.7 Å². The summed E-state index contributed by atoms with van der Waals surface area (Å²) in [6, 6.07) is 18.4.